The van der Waals surface area contributed by atoms with Crippen LogP contribution < -0.4 is 16.4 Å². The molecule has 186 valence electrons. The van der Waals surface area contributed by atoms with E-state index in [9.17, 15) is 0 Å². The van der Waals surface area contributed by atoms with Gasteiger partial charge in [-0.05, 0) is 52.8 Å². The quantitative estimate of drug-likeness (QED) is 0.182. The van der Waals surface area contributed by atoms with Gasteiger partial charge in [-0.3, -0.25) is 0 Å². The number of rotatable bonds is 0. The molecular weight excluding hydrogens is 515 g/mol. The molecule has 39 heavy (non-hydrogen) atoms. The van der Waals surface area contributed by atoms with Crippen LogP contribution >= 0.6 is 23.5 Å². The Balaban J connectivity index is 1.38. The van der Waals surface area contributed by atoms with Crippen LogP contribution in [0.3, 0.4) is 0 Å². The van der Waals surface area contributed by atoms with Crippen molar-refractivity contribution < 1.29 is 8.83 Å². The van der Waals surface area contributed by atoms with Crippen LogP contribution in [0.4, 0.5) is 0 Å². The normalized spacial score (nSPS) is 14.3. The van der Waals surface area contributed by atoms with Crippen molar-refractivity contribution in [2.75, 3.05) is 0 Å². The molecule has 5 aromatic carbocycles. The SMILES string of the molecule is CC(C)(C)c1cc2c3c(c1)Sc1cc4oc5ccccc5c4cc1B3c1cc3c(cc1S2)oc1ccccc13. The van der Waals surface area contributed by atoms with Crippen LogP contribution in [0.15, 0.2) is 113 Å². The summed E-state index contributed by atoms with van der Waals surface area (Å²) >= 11 is 3.79. The first kappa shape index (κ1) is 22.3. The van der Waals surface area contributed by atoms with Crippen LogP contribution in [0.2, 0.25) is 0 Å². The van der Waals surface area contributed by atoms with Crippen LogP contribution in [0, 0.1) is 0 Å². The van der Waals surface area contributed by atoms with E-state index in [0.29, 0.717) is 0 Å². The van der Waals surface area contributed by atoms with Crippen molar-refractivity contribution in [1.82, 2.24) is 0 Å². The Bertz CT molecular complexity index is 2040. The fourth-order valence-electron chi connectivity index (χ4n) is 6.37. The second kappa shape index (κ2) is 7.56. The number of benzene rings is 5. The van der Waals surface area contributed by atoms with Gasteiger partial charge >= 0.3 is 0 Å². The average Bonchev–Trinajstić information content (AvgIpc) is 3.47. The molecule has 0 unspecified atom stereocenters. The van der Waals surface area contributed by atoms with Crippen molar-refractivity contribution in [3.8, 4) is 0 Å². The molecule has 2 aromatic heterocycles. The van der Waals surface area contributed by atoms with Gasteiger partial charge in [0.25, 0.3) is 0 Å². The van der Waals surface area contributed by atoms with Crippen LogP contribution in [0.5, 0.6) is 0 Å². The molecule has 0 saturated carbocycles. The Morgan fingerprint density at radius 3 is 1.51 bits per heavy atom. The van der Waals surface area contributed by atoms with Gasteiger partial charge in [0.2, 0.25) is 6.71 Å². The highest BCUT2D eigenvalue weighted by Crippen LogP contribution is 2.44. The lowest BCUT2D eigenvalue weighted by atomic mass is 9.36. The fraction of sp³-hybridized carbons (Fsp3) is 0.118. The summed E-state index contributed by atoms with van der Waals surface area (Å²) in [5.41, 5.74) is 9.41. The molecule has 7 aromatic rings. The molecule has 2 aliphatic rings. The van der Waals surface area contributed by atoms with Gasteiger partial charge < -0.3 is 8.83 Å². The van der Waals surface area contributed by atoms with Crippen molar-refractivity contribution in [2.24, 2.45) is 0 Å². The maximum Gasteiger partial charge on any atom is 0.247 e. The van der Waals surface area contributed by atoms with E-state index in [-0.39, 0.29) is 12.1 Å². The maximum atomic E-state index is 6.33. The minimum absolute atomic E-state index is 0.0636. The van der Waals surface area contributed by atoms with Crippen molar-refractivity contribution in [2.45, 2.75) is 45.8 Å². The third-order valence-corrected chi connectivity index (χ3v) is 10.6. The van der Waals surface area contributed by atoms with Crippen molar-refractivity contribution in [3.63, 3.8) is 0 Å². The Kier molecular flexibility index (Phi) is 4.32. The van der Waals surface area contributed by atoms with Crippen LogP contribution in [0.1, 0.15) is 26.3 Å². The maximum absolute atomic E-state index is 6.33. The molecule has 4 heterocycles. The first-order chi connectivity index (χ1) is 18.9. The van der Waals surface area contributed by atoms with Gasteiger partial charge in [0, 0.05) is 41.1 Å². The van der Waals surface area contributed by atoms with E-state index in [1.807, 2.05) is 35.7 Å². The summed E-state index contributed by atoms with van der Waals surface area (Å²) in [4.78, 5) is 5.29. The van der Waals surface area contributed by atoms with Crippen LogP contribution in [-0.2, 0) is 5.41 Å². The molecule has 0 aliphatic carbocycles. The van der Waals surface area contributed by atoms with Gasteiger partial charge in [-0.25, -0.2) is 0 Å². The van der Waals surface area contributed by atoms with Gasteiger partial charge in [0.1, 0.15) is 22.3 Å². The molecule has 0 saturated heterocycles. The number of para-hydroxylation sites is 2. The van der Waals surface area contributed by atoms with Gasteiger partial charge in [-0.1, -0.05) is 104 Å². The summed E-state index contributed by atoms with van der Waals surface area (Å²) < 4.78 is 12.7. The summed E-state index contributed by atoms with van der Waals surface area (Å²) in [7, 11) is 0. The highest BCUT2D eigenvalue weighted by molar-refractivity contribution is 8.01. The standard InChI is InChI=1S/C34H23BO2S2/c1-34(2,3)18-12-31-33-32(13-18)39-30-17-28-22(20-9-5-7-11-26(20)37-28)15-24(30)35(33)23-14-21-19-8-4-6-10-25(19)36-27(21)16-29(23)38-31/h4-17H,1-3H3. The Hall–Kier alpha value is -3.54. The van der Waals surface area contributed by atoms with Gasteiger partial charge in [0.15, 0.2) is 0 Å². The molecule has 0 spiro atoms. The minimum Gasteiger partial charge on any atom is -0.456 e. The van der Waals surface area contributed by atoms with Gasteiger partial charge in [-0.2, -0.15) is 0 Å². The van der Waals surface area contributed by atoms with E-state index < -0.39 is 0 Å². The summed E-state index contributed by atoms with van der Waals surface area (Å²) in [6.45, 7) is 7.07. The predicted octanol–water partition coefficient (Wildman–Crippen LogP) is 8.23. The third-order valence-electron chi connectivity index (χ3n) is 8.34. The molecule has 0 fully saturated rings. The second-order valence-corrected chi connectivity index (χ2v) is 13.9. The fourth-order valence-corrected chi connectivity index (χ4v) is 8.88. The van der Waals surface area contributed by atoms with Crippen molar-refractivity contribution in [3.05, 3.63) is 90.5 Å². The van der Waals surface area contributed by atoms with E-state index in [0.717, 1.165) is 22.3 Å². The molecular formula is C34H23BO2S2. The lowest BCUT2D eigenvalue weighted by Gasteiger charge is -2.34. The first-order valence-corrected chi connectivity index (χ1v) is 15.0. The van der Waals surface area contributed by atoms with Gasteiger partial charge in [0.05, 0.1) is 0 Å². The lowest BCUT2D eigenvalue weighted by Crippen LogP contribution is -2.58. The third kappa shape index (κ3) is 3.09. The van der Waals surface area contributed by atoms with E-state index in [1.54, 1.807) is 0 Å². The van der Waals surface area contributed by atoms with Crippen LogP contribution in [0.25, 0.3) is 43.9 Å². The van der Waals surface area contributed by atoms with E-state index >= 15 is 0 Å². The van der Waals surface area contributed by atoms with Crippen molar-refractivity contribution >= 4 is 90.5 Å². The molecule has 0 N–H and O–H groups in total. The molecule has 0 bridgehead atoms. The second-order valence-electron chi connectivity index (χ2n) is 11.7. The lowest BCUT2D eigenvalue weighted by molar-refractivity contribution is 0.587. The monoisotopic (exact) mass is 538 g/mol. The van der Waals surface area contributed by atoms with E-state index in [4.69, 9.17) is 8.83 Å². The number of fused-ring (bicyclic) bond motifs is 10. The molecule has 5 heteroatoms. The van der Waals surface area contributed by atoms with Crippen LogP contribution in [-0.4, -0.2) is 6.71 Å². The molecule has 9 rings (SSSR count). The largest absolute Gasteiger partial charge is 0.456 e. The number of hydrogen-bond acceptors (Lipinski definition) is 4. The minimum atomic E-state index is 0.0636. The van der Waals surface area contributed by atoms with Crippen molar-refractivity contribution in [1.29, 1.82) is 0 Å². The smallest absolute Gasteiger partial charge is 0.247 e. The molecule has 2 aliphatic heterocycles. The molecule has 0 amide bonds. The Labute approximate surface area is 234 Å². The number of hydrogen-bond donors (Lipinski definition) is 0. The summed E-state index contributed by atoms with van der Waals surface area (Å²) in [5, 5.41) is 4.74. The molecule has 2 nitrogen and oxygen atoms in total. The highest BCUT2D eigenvalue weighted by Gasteiger charge is 2.40. The predicted molar refractivity (Wildman–Crippen MR) is 165 cm³/mol. The summed E-state index contributed by atoms with van der Waals surface area (Å²) in [6, 6.07) is 31.0. The first-order valence-electron chi connectivity index (χ1n) is 13.4. The molecule has 0 atom stereocenters. The summed E-state index contributed by atoms with van der Waals surface area (Å²) in [6.07, 6.45) is 0. The topological polar surface area (TPSA) is 26.3 Å². The average molecular weight is 539 g/mol. The Morgan fingerprint density at radius 2 is 1.03 bits per heavy atom. The Morgan fingerprint density at radius 1 is 0.538 bits per heavy atom. The molecule has 0 radical (unpaired) electrons. The summed E-state index contributed by atoms with van der Waals surface area (Å²) in [5.74, 6) is 0. The highest BCUT2D eigenvalue weighted by atomic mass is 32.2. The van der Waals surface area contributed by atoms with E-state index in [2.05, 4.69) is 93.6 Å². The zero-order valence-electron chi connectivity index (χ0n) is 21.8. The van der Waals surface area contributed by atoms with E-state index in [1.165, 1.54) is 63.1 Å². The zero-order valence-corrected chi connectivity index (χ0v) is 23.4. The van der Waals surface area contributed by atoms with Gasteiger partial charge in [-0.15, -0.1) is 0 Å². The number of furan rings is 2. The zero-order chi connectivity index (χ0) is 26.0.